The number of hydrogen-bond donors (Lipinski definition) is 1. The van der Waals surface area contributed by atoms with Crippen molar-refractivity contribution < 1.29 is 18.7 Å². The van der Waals surface area contributed by atoms with Crippen LogP contribution in [0, 0.1) is 12.7 Å². The number of nitrogens with one attached hydrogen (secondary N) is 1. The molecular weight excluding hydrogens is 423 g/mol. The smallest absolute Gasteiger partial charge is 0.274 e. The number of halogens is 2. The Bertz CT molecular complexity index is 1040. The Morgan fingerprint density at radius 1 is 1.16 bits per heavy atom. The summed E-state index contributed by atoms with van der Waals surface area (Å²) >= 11 is 5.84. The van der Waals surface area contributed by atoms with Crippen molar-refractivity contribution in [2.24, 2.45) is 0 Å². The molecule has 0 saturated heterocycles. The molecule has 1 aromatic heterocycles. The van der Waals surface area contributed by atoms with Gasteiger partial charge in [-0.3, -0.25) is 4.79 Å². The first-order chi connectivity index (χ1) is 15.0. The van der Waals surface area contributed by atoms with E-state index in [1.807, 2.05) is 31.2 Å². The van der Waals surface area contributed by atoms with Gasteiger partial charge in [0.2, 0.25) is 0 Å². The Labute approximate surface area is 185 Å². The van der Waals surface area contributed by atoms with Gasteiger partial charge in [-0.25, -0.2) is 9.07 Å². The number of ether oxygens (including phenoxy) is 2. The van der Waals surface area contributed by atoms with Crippen LogP contribution < -0.4 is 5.32 Å². The third-order valence-electron chi connectivity index (χ3n) is 4.55. The van der Waals surface area contributed by atoms with E-state index in [1.54, 1.807) is 6.92 Å². The molecule has 1 N–H and O–H groups in total. The molecule has 3 rings (SSSR count). The Hall–Kier alpha value is -2.81. The van der Waals surface area contributed by atoms with Gasteiger partial charge >= 0.3 is 0 Å². The maximum absolute atomic E-state index is 13.4. The van der Waals surface area contributed by atoms with Crippen molar-refractivity contribution >= 4 is 17.5 Å². The van der Waals surface area contributed by atoms with E-state index in [0.29, 0.717) is 44.4 Å². The van der Waals surface area contributed by atoms with Crippen molar-refractivity contribution in [3.63, 3.8) is 0 Å². The third kappa shape index (κ3) is 6.10. The van der Waals surface area contributed by atoms with Crippen molar-refractivity contribution in [3.8, 4) is 5.69 Å². The highest BCUT2D eigenvalue weighted by molar-refractivity contribution is 6.30. The first kappa shape index (κ1) is 22.9. The van der Waals surface area contributed by atoms with E-state index >= 15 is 0 Å². The summed E-state index contributed by atoms with van der Waals surface area (Å²) in [4.78, 5) is 12.6. The molecule has 164 valence electrons. The summed E-state index contributed by atoms with van der Waals surface area (Å²) in [6, 6.07) is 12.0. The second kappa shape index (κ2) is 11.0. The molecule has 0 aliphatic carbocycles. The molecule has 1 heterocycles. The lowest BCUT2D eigenvalue weighted by atomic mass is 10.1. The number of aromatic nitrogens is 3. The first-order valence-electron chi connectivity index (χ1n) is 9.88. The zero-order valence-electron chi connectivity index (χ0n) is 17.4. The highest BCUT2D eigenvalue weighted by atomic mass is 35.5. The molecule has 0 radical (unpaired) electrons. The number of benzene rings is 2. The van der Waals surface area contributed by atoms with E-state index < -0.39 is 5.82 Å². The molecule has 1 amide bonds. The van der Waals surface area contributed by atoms with Crippen LogP contribution in [0.1, 0.15) is 34.2 Å². The standard InChI is InChI=1S/C22H24ClFN4O3/c1-3-30-9-10-31-14-17-6-4-5-16(11-17)13-25-22(29)21-15(2)28(27-26-21)18-7-8-20(24)19(23)12-18/h4-8,11-12H,3,9-10,13-14H2,1-2H3,(H,25,29). The molecule has 0 fully saturated rings. The van der Waals surface area contributed by atoms with E-state index in [2.05, 4.69) is 15.6 Å². The summed E-state index contributed by atoms with van der Waals surface area (Å²) in [5.41, 5.74) is 3.19. The predicted molar refractivity (Wildman–Crippen MR) is 115 cm³/mol. The second-order valence-corrected chi connectivity index (χ2v) is 7.19. The lowest BCUT2D eigenvalue weighted by Crippen LogP contribution is -2.24. The Morgan fingerprint density at radius 2 is 1.94 bits per heavy atom. The molecule has 0 unspecified atom stereocenters. The highest BCUT2D eigenvalue weighted by Crippen LogP contribution is 2.20. The number of rotatable bonds is 10. The first-order valence-corrected chi connectivity index (χ1v) is 10.3. The molecule has 0 atom stereocenters. The zero-order valence-corrected chi connectivity index (χ0v) is 18.2. The van der Waals surface area contributed by atoms with E-state index in [4.69, 9.17) is 21.1 Å². The Morgan fingerprint density at radius 3 is 2.71 bits per heavy atom. The van der Waals surface area contributed by atoms with Gasteiger partial charge in [0.25, 0.3) is 5.91 Å². The SMILES string of the molecule is CCOCCOCc1cccc(CNC(=O)c2nnn(-c3ccc(F)c(Cl)c3)c2C)c1. The van der Waals surface area contributed by atoms with Crippen LogP contribution >= 0.6 is 11.6 Å². The minimum absolute atomic E-state index is 0.0276. The van der Waals surface area contributed by atoms with Gasteiger partial charge in [-0.2, -0.15) is 0 Å². The minimum Gasteiger partial charge on any atom is -0.379 e. The summed E-state index contributed by atoms with van der Waals surface area (Å²) in [7, 11) is 0. The lowest BCUT2D eigenvalue weighted by Gasteiger charge is -2.08. The van der Waals surface area contributed by atoms with Gasteiger partial charge in [-0.1, -0.05) is 41.1 Å². The number of amides is 1. The molecule has 0 aliphatic rings. The van der Waals surface area contributed by atoms with E-state index in [9.17, 15) is 9.18 Å². The number of carbonyl (C=O) groups excluding carboxylic acids is 1. The van der Waals surface area contributed by atoms with Crippen molar-refractivity contribution in [2.75, 3.05) is 19.8 Å². The quantitative estimate of drug-likeness (QED) is 0.478. The van der Waals surface area contributed by atoms with Gasteiger partial charge in [-0.05, 0) is 43.2 Å². The fourth-order valence-electron chi connectivity index (χ4n) is 2.95. The molecule has 31 heavy (non-hydrogen) atoms. The van der Waals surface area contributed by atoms with Gasteiger partial charge in [-0.15, -0.1) is 5.10 Å². The topological polar surface area (TPSA) is 78.3 Å². The molecule has 0 saturated carbocycles. The van der Waals surface area contributed by atoms with Gasteiger partial charge < -0.3 is 14.8 Å². The summed E-state index contributed by atoms with van der Waals surface area (Å²) < 4.78 is 25.7. The van der Waals surface area contributed by atoms with Gasteiger partial charge in [0.1, 0.15) is 5.82 Å². The Kier molecular flexibility index (Phi) is 8.11. The fourth-order valence-corrected chi connectivity index (χ4v) is 3.12. The van der Waals surface area contributed by atoms with Crippen molar-refractivity contribution in [1.82, 2.24) is 20.3 Å². The lowest BCUT2D eigenvalue weighted by molar-refractivity contribution is 0.0453. The van der Waals surface area contributed by atoms with Gasteiger partial charge in [0.05, 0.1) is 36.2 Å². The maximum atomic E-state index is 13.4. The van der Waals surface area contributed by atoms with Crippen molar-refractivity contribution in [1.29, 1.82) is 0 Å². The molecule has 0 bridgehead atoms. The van der Waals surface area contributed by atoms with E-state index in [0.717, 1.165) is 11.1 Å². The fraction of sp³-hybridized carbons (Fsp3) is 0.318. The molecule has 0 aliphatic heterocycles. The number of carbonyl (C=O) groups is 1. The monoisotopic (exact) mass is 446 g/mol. The molecule has 7 nitrogen and oxygen atoms in total. The summed E-state index contributed by atoms with van der Waals surface area (Å²) in [5.74, 6) is -0.876. The number of nitrogens with zero attached hydrogens (tertiary/aromatic N) is 3. The number of hydrogen-bond acceptors (Lipinski definition) is 5. The molecule has 0 spiro atoms. The average molecular weight is 447 g/mol. The van der Waals surface area contributed by atoms with Crippen LogP contribution in [0.5, 0.6) is 0 Å². The van der Waals surface area contributed by atoms with Gasteiger partial charge in [0, 0.05) is 13.2 Å². The second-order valence-electron chi connectivity index (χ2n) is 6.79. The van der Waals surface area contributed by atoms with Crippen LogP contribution in [-0.4, -0.2) is 40.7 Å². The van der Waals surface area contributed by atoms with Crippen LogP contribution in [0.25, 0.3) is 5.69 Å². The predicted octanol–water partition coefficient (Wildman–Crippen LogP) is 3.85. The summed E-state index contributed by atoms with van der Waals surface area (Å²) in [6.45, 7) is 6.23. The molecule has 9 heteroatoms. The maximum Gasteiger partial charge on any atom is 0.274 e. The summed E-state index contributed by atoms with van der Waals surface area (Å²) in [5, 5.41) is 10.8. The van der Waals surface area contributed by atoms with Gasteiger partial charge in [0.15, 0.2) is 5.69 Å². The third-order valence-corrected chi connectivity index (χ3v) is 4.84. The van der Waals surface area contributed by atoms with Crippen LogP contribution in [-0.2, 0) is 22.6 Å². The molecular formula is C22H24ClFN4O3. The van der Waals surface area contributed by atoms with E-state index in [-0.39, 0.29) is 16.6 Å². The van der Waals surface area contributed by atoms with Crippen LogP contribution in [0.15, 0.2) is 42.5 Å². The minimum atomic E-state index is -0.525. The zero-order chi connectivity index (χ0) is 22.2. The van der Waals surface area contributed by atoms with Crippen LogP contribution in [0.2, 0.25) is 5.02 Å². The van der Waals surface area contributed by atoms with E-state index in [1.165, 1.54) is 22.9 Å². The molecule has 3 aromatic rings. The van der Waals surface area contributed by atoms with Crippen molar-refractivity contribution in [3.05, 3.63) is 75.8 Å². The van der Waals surface area contributed by atoms with Crippen molar-refractivity contribution in [2.45, 2.75) is 27.0 Å². The Balaban J connectivity index is 1.59. The van der Waals surface area contributed by atoms with Crippen LogP contribution in [0.4, 0.5) is 4.39 Å². The normalized spacial score (nSPS) is 11.0. The van der Waals surface area contributed by atoms with Crippen LogP contribution in [0.3, 0.4) is 0 Å². The largest absolute Gasteiger partial charge is 0.379 e. The average Bonchev–Trinajstić information content (AvgIpc) is 3.15. The summed E-state index contributed by atoms with van der Waals surface area (Å²) in [6.07, 6.45) is 0. The highest BCUT2D eigenvalue weighted by Gasteiger charge is 2.17. The molecule has 2 aromatic carbocycles.